The van der Waals surface area contributed by atoms with E-state index in [0.29, 0.717) is 26.1 Å². The number of phenols is 1. The van der Waals surface area contributed by atoms with E-state index in [-0.39, 0.29) is 23.1 Å². The summed E-state index contributed by atoms with van der Waals surface area (Å²) in [7, 11) is 0. The van der Waals surface area contributed by atoms with Crippen LogP contribution in [0.4, 0.5) is 4.39 Å². The highest BCUT2D eigenvalue weighted by molar-refractivity contribution is 5.95. The van der Waals surface area contributed by atoms with Crippen LogP contribution in [0.25, 0.3) is 0 Å². The molecule has 5 nitrogen and oxygen atoms in total. The smallest absolute Gasteiger partial charge is 0.256 e. The van der Waals surface area contributed by atoms with Crippen LogP contribution in [-0.2, 0) is 4.79 Å². The number of amides is 2. The summed E-state index contributed by atoms with van der Waals surface area (Å²) in [5, 5.41) is 9.47. The normalized spacial score (nSPS) is 21.8. The third-order valence-electron chi connectivity index (χ3n) is 4.64. The van der Waals surface area contributed by atoms with Gasteiger partial charge in [0.1, 0.15) is 11.6 Å². The number of rotatable bonds is 3. The number of likely N-dealkylation sites (tertiary alicyclic amines) is 2. The maximum absolute atomic E-state index is 13.8. The standard InChI is InChI=1S/C17H21FN2O3/c18-15-6-5-13(21)9-14(15)17(23)20-8-1-3-12(11-20)10-19-7-2-4-16(19)22/h5-6,9,12,21H,1-4,7-8,10-11H2. The molecular weight excluding hydrogens is 299 g/mol. The lowest BCUT2D eigenvalue weighted by Gasteiger charge is -2.34. The van der Waals surface area contributed by atoms with Gasteiger partial charge in [0.15, 0.2) is 0 Å². The summed E-state index contributed by atoms with van der Waals surface area (Å²) in [6.45, 7) is 2.58. The van der Waals surface area contributed by atoms with E-state index in [4.69, 9.17) is 0 Å². The number of carbonyl (C=O) groups excluding carboxylic acids is 2. The van der Waals surface area contributed by atoms with Crippen molar-refractivity contribution in [2.75, 3.05) is 26.2 Å². The van der Waals surface area contributed by atoms with Crippen LogP contribution < -0.4 is 0 Å². The van der Waals surface area contributed by atoms with E-state index in [1.807, 2.05) is 4.90 Å². The summed E-state index contributed by atoms with van der Waals surface area (Å²) in [6.07, 6.45) is 3.33. The van der Waals surface area contributed by atoms with Gasteiger partial charge in [0.25, 0.3) is 5.91 Å². The van der Waals surface area contributed by atoms with Gasteiger partial charge < -0.3 is 14.9 Å². The van der Waals surface area contributed by atoms with Gasteiger partial charge in [-0.15, -0.1) is 0 Å². The molecule has 3 rings (SSSR count). The van der Waals surface area contributed by atoms with Gasteiger partial charge in [-0.1, -0.05) is 0 Å². The minimum absolute atomic E-state index is 0.0945. The molecule has 2 heterocycles. The van der Waals surface area contributed by atoms with Gasteiger partial charge in [-0.05, 0) is 43.4 Å². The fourth-order valence-corrected chi connectivity index (χ4v) is 3.45. The van der Waals surface area contributed by atoms with Gasteiger partial charge in [-0.25, -0.2) is 4.39 Å². The topological polar surface area (TPSA) is 60.9 Å². The van der Waals surface area contributed by atoms with Crippen LogP contribution >= 0.6 is 0 Å². The average Bonchev–Trinajstić information content (AvgIpc) is 2.94. The first-order valence-electron chi connectivity index (χ1n) is 8.10. The highest BCUT2D eigenvalue weighted by Gasteiger charge is 2.29. The molecule has 0 radical (unpaired) electrons. The van der Waals surface area contributed by atoms with Gasteiger partial charge in [-0.2, -0.15) is 0 Å². The molecule has 124 valence electrons. The second kappa shape index (κ2) is 6.56. The molecule has 0 spiro atoms. The molecule has 0 bridgehead atoms. The predicted molar refractivity (Wildman–Crippen MR) is 82.5 cm³/mol. The fraction of sp³-hybridized carbons (Fsp3) is 0.529. The van der Waals surface area contributed by atoms with E-state index in [9.17, 15) is 19.1 Å². The van der Waals surface area contributed by atoms with Gasteiger partial charge in [0, 0.05) is 32.6 Å². The predicted octanol–water partition coefficient (Wildman–Crippen LogP) is 2.01. The average molecular weight is 320 g/mol. The molecule has 2 saturated heterocycles. The van der Waals surface area contributed by atoms with Crippen molar-refractivity contribution < 1.29 is 19.1 Å². The van der Waals surface area contributed by atoms with Crippen molar-refractivity contribution in [2.24, 2.45) is 5.92 Å². The number of halogens is 1. The summed E-state index contributed by atoms with van der Waals surface area (Å²) in [5.41, 5.74) is -0.0945. The van der Waals surface area contributed by atoms with Gasteiger partial charge >= 0.3 is 0 Å². The molecule has 0 aromatic heterocycles. The van der Waals surface area contributed by atoms with E-state index in [1.54, 1.807) is 4.90 Å². The lowest BCUT2D eigenvalue weighted by molar-refractivity contribution is -0.128. The molecule has 1 atom stereocenters. The van der Waals surface area contributed by atoms with E-state index < -0.39 is 11.7 Å². The first-order valence-corrected chi connectivity index (χ1v) is 8.10. The summed E-state index contributed by atoms with van der Waals surface area (Å²) >= 11 is 0. The van der Waals surface area contributed by atoms with Gasteiger partial charge in [0.2, 0.25) is 5.91 Å². The Hall–Kier alpha value is -2.11. The Bertz CT molecular complexity index is 620. The lowest BCUT2D eigenvalue weighted by atomic mass is 9.96. The van der Waals surface area contributed by atoms with Gasteiger partial charge in [0.05, 0.1) is 5.56 Å². The zero-order chi connectivity index (χ0) is 16.4. The van der Waals surface area contributed by atoms with Crippen molar-refractivity contribution in [3.05, 3.63) is 29.6 Å². The van der Waals surface area contributed by atoms with Crippen molar-refractivity contribution in [1.29, 1.82) is 0 Å². The fourth-order valence-electron chi connectivity index (χ4n) is 3.45. The quantitative estimate of drug-likeness (QED) is 0.927. The second-order valence-corrected chi connectivity index (χ2v) is 6.37. The first-order chi connectivity index (χ1) is 11.0. The molecule has 2 fully saturated rings. The van der Waals surface area contributed by atoms with Crippen LogP contribution in [0.1, 0.15) is 36.0 Å². The van der Waals surface area contributed by atoms with Crippen LogP contribution in [0.2, 0.25) is 0 Å². The first kappa shape index (κ1) is 15.8. The van der Waals surface area contributed by atoms with Gasteiger partial charge in [-0.3, -0.25) is 9.59 Å². The number of hydrogen-bond acceptors (Lipinski definition) is 3. The highest BCUT2D eigenvalue weighted by Crippen LogP contribution is 2.24. The molecule has 0 saturated carbocycles. The summed E-state index contributed by atoms with van der Waals surface area (Å²) in [5.74, 6) is -0.714. The van der Waals surface area contributed by atoms with Crippen molar-refractivity contribution >= 4 is 11.8 Å². The zero-order valence-electron chi connectivity index (χ0n) is 13.0. The Kier molecular flexibility index (Phi) is 4.50. The number of carbonyl (C=O) groups is 2. The SMILES string of the molecule is O=C1CCCN1CC1CCCN(C(=O)c2cc(O)ccc2F)C1. The summed E-state index contributed by atoms with van der Waals surface area (Å²) < 4.78 is 13.8. The Morgan fingerprint density at radius 2 is 2.13 bits per heavy atom. The molecule has 1 aromatic carbocycles. The molecule has 2 aliphatic heterocycles. The zero-order valence-corrected chi connectivity index (χ0v) is 13.0. The van der Waals surface area contributed by atoms with Crippen LogP contribution in [0.15, 0.2) is 18.2 Å². The maximum atomic E-state index is 13.8. The minimum atomic E-state index is -0.621. The molecule has 0 aliphatic carbocycles. The Morgan fingerprint density at radius 3 is 2.87 bits per heavy atom. The Morgan fingerprint density at radius 1 is 1.30 bits per heavy atom. The van der Waals surface area contributed by atoms with Crippen LogP contribution in [0.5, 0.6) is 5.75 Å². The van der Waals surface area contributed by atoms with Crippen LogP contribution in [0.3, 0.4) is 0 Å². The van der Waals surface area contributed by atoms with E-state index >= 15 is 0 Å². The van der Waals surface area contributed by atoms with Crippen LogP contribution in [0, 0.1) is 11.7 Å². The number of benzene rings is 1. The highest BCUT2D eigenvalue weighted by atomic mass is 19.1. The van der Waals surface area contributed by atoms with E-state index in [2.05, 4.69) is 0 Å². The van der Waals surface area contributed by atoms with Crippen LogP contribution in [-0.4, -0.2) is 52.9 Å². The molecule has 23 heavy (non-hydrogen) atoms. The second-order valence-electron chi connectivity index (χ2n) is 6.37. The van der Waals surface area contributed by atoms with Crippen molar-refractivity contribution in [3.8, 4) is 5.75 Å². The Labute approximate surface area is 134 Å². The lowest BCUT2D eigenvalue weighted by Crippen LogP contribution is -2.44. The van der Waals surface area contributed by atoms with E-state index in [0.717, 1.165) is 31.9 Å². The monoisotopic (exact) mass is 320 g/mol. The minimum Gasteiger partial charge on any atom is -0.508 e. The molecular formula is C17H21FN2O3. The molecule has 1 unspecified atom stereocenters. The summed E-state index contributed by atoms with van der Waals surface area (Å²) in [4.78, 5) is 27.7. The van der Waals surface area contributed by atoms with Crippen molar-refractivity contribution in [2.45, 2.75) is 25.7 Å². The number of aromatic hydroxyl groups is 1. The molecule has 2 aliphatic rings. The largest absolute Gasteiger partial charge is 0.508 e. The van der Waals surface area contributed by atoms with E-state index in [1.165, 1.54) is 12.1 Å². The third-order valence-corrected chi connectivity index (χ3v) is 4.64. The Balaban J connectivity index is 1.67. The molecule has 1 aromatic rings. The van der Waals surface area contributed by atoms with Crippen molar-refractivity contribution in [3.63, 3.8) is 0 Å². The molecule has 2 amide bonds. The number of piperidine rings is 1. The number of phenolic OH excluding ortho intramolecular Hbond substituents is 1. The maximum Gasteiger partial charge on any atom is 0.256 e. The molecule has 6 heteroatoms. The summed E-state index contributed by atoms with van der Waals surface area (Å²) in [6, 6.07) is 3.50. The van der Waals surface area contributed by atoms with Crippen molar-refractivity contribution in [1.82, 2.24) is 9.80 Å². The molecule has 1 N–H and O–H groups in total. The number of nitrogens with zero attached hydrogens (tertiary/aromatic N) is 2. The third kappa shape index (κ3) is 3.46. The number of hydrogen-bond donors (Lipinski definition) is 1.